The lowest BCUT2D eigenvalue weighted by molar-refractivity contribution is -0.113. The summed E-state index contributed by atoms with van der Waals surface area (Å²) in [5.74, 6) is 0.662. The quantitative estimate of drug-likeness (QED) is 0.581. The van der Waals surface area contributed by atoms with Crippen LogP contribution < -0.4 is 9.47 Å². The molecule has 0 spiro atoms. The van der Waals surface area contributed by atoms with Gasteiger partial charge in [0.05, 0.1) is 20.3 Å². The topological polar surface area (TPSA) is 109 Å². The molecule has 0 saturated heterocycles. The fourth-order valence-electron chi connectivity index (χ4n) is 1.92. The van der Waals surface area contributed by atoms with Crippen LogP contribution in [0.4, 0.5) is 0 Å². The number of hydrogen-bond acceptors (Lipinski definition) is 7. The average Bonchev–Trinajstić information content (AvgIpc) is 2.51. The van der Waals surface area contributed by atoms with E-state index in [0.29, 0.717) is 17.1 Å². The second-order valence-corrected chi connectivity index (χ2v) is 4.55. The zero-order valence-electron chi connectivity index (χ0n) is 11.5. The van der Waals surface area contributed by atoms with Gasteiger partial charge in [-0.2, -0.15) is 0 Å². The summed E-state index contributed by atoms with van der Waals surface area (Å²) >= 11 is 0. The number of hydrogen-bond donors (Lipinski definition) is 4. The molecule has 0 radical (unpaired) electrons. The van der Waals surface area contributed by atoms with Gasteiger partial charge < -0.3 is 34.6 Å². The second-order valence-electron chi connectivity index (χ2n) is 4.55. The van der Waals surface area contributed by atoms with E-state index in [0.717, 1.165) is 0 Å². The van der Waals surface area contributed by atoms with Crippen LogP contribution in [0.5, 0.6) is 11.5 Å². The number of rotatable bonds is 5. The van der Waals surface area contributed by atoms with E-state index < -0.39 is 24.9 Å². The summed E-state index contributed by atoms with van der Waals surface area (Å²) in [5.41, 5.74) is 0.654. The molecule has 0 amide bonds. The van der Waals surface area contributed by atoms with Crippen LogP contribution in [-0.4, -0.2) is 52.5 Å². The van der Waals surface area contributed by atoms with E-state index >= 15 is 0 Å². The molecule has 0 fully saturated rings. The minimum Gasteiger partial charge on any atom is -0.493 e. The summed E-state index contributed by atoms with van der Waals surface area (Å²) in [6.07, 6.45) is -2.19. The molecule has 1 heterocycles. The Balaban J connectivity index is 2.20. The Morgan fingerprint density at radius 1 is 1.19 bits per heavy atom. The molecule has 7 heteroatoms. The van der Waals surface area contributed by atoms with Crippen LogP contribution in [0.3, 0.4) is 0 Å². The molecule has 1 aromatic rings. The minimum atomic E-state index is -1.22. The van der Waals surface area contributed by atoms with Crippen LogP contribution in [0, 0.1) is 0 Å². The van der Waals surface area contributed by atoms with Crippen LogP contribution in [0.2, 0.25) is 0 Å². The Hall–Kier alpha value is -1.80. The van der Waals surface area contributed by atoms with Crippen molar-refractivity contribution >= 4 is 0 Å². The maximum Gasteiger partial charge on any atom is 0.283 e. The molecular weight excluding hydrogens is 280 g/mol. The zero-order valence-corrected chi connectivity index (χ0v) is 11.5. The third kappa shape index (κ3) is 3.45. The third-order valence-electron chi connectivity index (χ3n) is 3.11. The first kappa shape index (κ1) is 15.6. The first-order valence-electron chi connectivity index (χ1n) is 6.40. The fraction of sp³-hybridized carbons (Fsp3) is 0.429. The molecule has 3 unspecified atom stereocenters. The number of aliphatic hydroxyl groups is 4. The highest BCUT2D eigenvalue weighted by atomic mass is 16.7. The molecule has 4 N–H and O–H groups in total. The summed E-state index contributed by atoms with van der Waals surface area (Å²) in [5, 5.41) is 37.5. The van der Waals surface area contributed by atoms with Gasteiger partial charge in [-0.05, 0) is 17.7 Å². The maximum atomic E-state index is 9.67. The van der Waals surface area contributed by atoms with Gasteiger partial charge in [-0.1, -0.05) is 6.07 Å². The van der Waals surface area contributed by atoms with Crippen molar-refractivity contribution < 1.29 is 34.6 Å². The fourth-order valence-corrected chi connectivity index (χ4v) is 1.92. The number of benzene rings is 1. The monoisotopic (exact) mass is 298 g/mol. The molecular formula is C14H18O7. The maximum absolute atomic E-state index is 9.67. The summed E-state index contributed by atoms with van der Waals surface area (Å²) in [6, 6.07) is 4.84. The standard InChI is InChI=1S/C14H18O7/c1-19-11-4-8(6-15)2-3-10(11)20-13-5-9(17)14(18)12(7-16)21-13/h2-5,9,12,14-18H,6-7H2,1H3. The Morgan fingerprint density at radius 2 is 1.95 bits per heavy atom. The molecule has 21 heavy (non-hydrogen) atoms. The van der Waals surface area contributed by atoms with Gasteiger partial charge in [0, 0.05) is 6.08 Å². The molecule has 7 nitrogen and oxygen atoms in total. The molecule has 116 valence electrons. The summed E-state index contributed by atoms with van der Waals surface area (Å²) in [6.45, 7) is -0.590. The van der Waals surface area contributed by atoms with E-state index in [9.17, 15) is 10.2 Å². The number of ether oxygens (including phenoxy) is 3. The average molecular weight is 298 g/mol. The molecule has 3 atom stereocenters. The normalized spacial score (nSPS) is 25.0. The SMILES string of the molecule is COc1cc(CO)ccc1OC1=CC(O)C(O)C(CO)O1. The molecule has 1 aliphatic heterocycles. The lowest BCUT2D eigenvalue weighted by atomic mass is 10.1. The van der Waals surface area contributed by atoms with Crippen LogP contribution in [-0.2, 0) is 11.3 Å². The van der Waals surface area contributed by atoms with Crippen molar-refractivity contribution in [1.29, 1.82) is 0 Å². The van der Waals surface area contributed by atoms with Crippen molar-refractivity contribution in [2.75, 3.05) is 13.7 Å². The lowest BCUT2D eigenvalue weighted by Crippen LogP contribution is -2.44. The molecule has 1 aliphatic rings. The smallest absolute Gasteiger partial charge is 0.283 e. The van der Waals surface area contributed by atoms with Gasteiger partial charge in [0.25, 0.3) is 5.95 Å². The third-order valence-corrected chi connectivity index (χ3v) is 3.11. The highest BCUT2D eigenvalue weighted by Crippen LogP contribution is 2.31. The molecule has 1 aromatic carbocycles. The van der Waals surface area contributed by atoms with E-state index in [1.54, 1.807) is 18.2 Å². The predicted octanol–water partition coefficient (Wildman–Crippen LogP) is -0.479. The van der Waals surface area contributed by atoms with Crippen LogP contribution in [0.15, 0.2) is 30.2 Å². The Labute approximate surface area is 121 Å². The van der Waals surface area contributed by atoms with Crippen LogP contribution in [0.1, 0.15) is 5.56 Å². The van der Waals surface area contributed by atoms with Crippen LogP contribution >= 0.6 is 0 Å². The highest BCUT2D eigenvalue weighted by Gasteiger charge is 2.33. The van der Waals surface area contributed by atoms with Gasteiger partial charge in [0.2, 0.25) is 0 Å². The minimum absolute atomic E-state index is 0.0399. The van der Waals surface area contributed by atoms with Gasteiger partial charge >= 0.3 is 0 Å². The van der Waals surface area contributed by atoms with Gasteiger partial charge in [-0.25, -0.2) is 0 Å². The number of aliphatic hydroxyl groups excluding tert-OH is 4. The summed E-state index contributed by atoms with van der Waals surface area (Å²) in [4.78, 5) is 0. The molecule has 2 rings (SSSR count). The summed E-state index contributed by atoms with van der Waals surface area (Å²) in [7, 11) is 1.45. The van der Waals surface area contributed by atoms with E-state index in [1.165, 1.54) is 13.2 Å². The van der Waals surface area contributed by atoms with Crippen molar-refractivity contribution in [3.05, 3.63) is 35.8 Å². The Kier molecular flexibility index (Phi) is 5.03. The summed E-state index contributed by atoms with van der Waals surface area (Å²) < 4.78 is 15.9. The first-order valence-corrected chi connectivity index (χ1v) is 6.40. The Morgan fingerprint density at radius 3 is 2.57 bits per heavy atom. The molecule has 0 aliphatic carbocycles. The molecule has 0 bridgehead atoms. The largest absolute Gasteiger partial charge is 0.493 e. The second kappa shape index (κ2) is 6.77. The molecule has 0 saturated carbocycles. The zero-order chi connectivity index (χ0) is 15.4. The van der Waals surface area contributed by atoms with Gasteiger partial charge in [0.1, 0.15) is 12.2 Å². The Bertz CT molecular complexity index is 514. The first-order chi connectivity index (χ1) is 10.1. The van der Waals surface area contributed by atoms with Crippen molar-refractivity contribution in [3.8, 4) is 11.5 Å². The van der Waals surface area contributed by atoms with Crippen molar-refractivity contribution in [1.82, 2.24) is 0 Å². The van der Waals surface area contributed by atoms with Gasteiger partial charge in [-0.15, -0.1) is 0 Å². The van der Waals surface area contributed by atoms with E-state index in [4.69, 9.17) is 24.4 Å². The highest BCUT2D eigenvalue weighted by molar-refractivity contribution is 5.43. The van der Waals surface area contributed by atoms with Crippen molar-refractivity contribution in [2.45, 2.75) is 24.9 Å². The van der Waals surface area contributed by atoms with Gasteiger partial charge in [0.15, 0.2) is 17.6 Å². The van der Waals surface area contributed by atoms with E-state index in [-0.39, 0.29) is 12.6 Å². The number of methoxy groups -OCH3 is 1. The van der Waals surface area contributed by atoms with Crippen LogP contribution in [0.25, 0.3) is 0 Å². The van der Waals surface area contributed by atoms with Crippen molar-refractivity contribution in [2.24, 2.45) is 0 Å². The van der Waals surface area contributed by atoms with Crippen molar-refractivity contribution in [3.63, 3.8) is 0 Å². The van der Waals surface area contributed by atoms with E-state index in [1.807, 2.05) is 0 Å². The van der Waals surface area contributed by atoms with E-state index in [2.05, 4.69) is 0 Å². The van der Waals surface area contributed by atoms with Gasteiger partial charge in [-0.3, -0.25) is 0 Å². The predicted molar refractivity (Wildman–Crippen MR) is 71.6 cm³/mol. The lowest BCUT2D eigenvalue weighted by Gasteiger charge is -2.30. The molecule has 0 aromatic heterocycles.